The van der Waals surface area contributed by atoms with Gasteiger partial charge in [0.25, 0.3) is 0 Å². The van der Waals surface area contributed by atoms with Crippen LogP contribution in [0.2, 0.25) is 0 Å². The molecule has 0 aromatic heterocycles. The van der Waals surface area contributed by atoms with Crippen LogP contribution >= 0.6 is 24.0 Å². The van der Waals surface area contributed by atoms with Crippen molar-refractivity contribution in [2.75, 3.05) is 16.8 Å². The minimum atomic E-state index is -2.87. The Morgan fingerprint density at radius 3 is 2.67 bits per heavy atom. The fourth-order valence-corrected chi connectivity index (χ4v) is 7.17. The Balaban J connectivity index is 1.82. The van der Waals surface area contributed by atoms with Crippen molar-refractivity contribution in [1.82, 2.24) is 0 Å². The fraction of sp³-hybridized carbons (Fsp3) is 0.417. The standard InChI is InChI=1S/C12H13NO2S3/c14-18(15)6-9-10(7-18)17-12(16)11(9)13-8-4-2-1-3-5-8/h1-5,9-11,13H,6-7H2/t9-,10+,11+/m1/s1. The van der Waals surface area contributed by atoms with Gasteiger partial charge < -0.3 is 5.32 Å². The van der Waals surface area contributed by atoms with Crippen molar-refractivity contribution in [2.45, 2.75) is 11.3 Å². The highest BCUT2D eigenvalue weighted by atomic mass is 32.2. The Bertz CT molecular complexity index is 570. The summed E-state index contributed by atoms with van der Waals surface area (Å²) in [6, 6.07) is 9.81. The van der Waals surface area contributed by atoms with Gasteiger partial charge >= 0.3 is 0 Å². The molecule has 2 heterocycles. The SMILES string of the molecule is O=S1(=O)C[C@@H]2[C@H](C1)SC(=S)[C@H]2Nc1ccccc1. The first-order valence-corrected chi connectivity index (χ1v) is 8.89. The van der Waals surface area contributed by atoms with Crippen LogP contribution in [0.5, 0.6) is 0 Å². The summed E-state index contributed by atoms with van der Waals surface area (Å²) in [5.74, 6) is 0.651. The zero-order chi connectivity index (χ0) is 12.8. The van der Waals surface area contributed by atoms with Gasteiger partial charge in [0.2, 0.25) is 0 Å². The van der Waals surface area contributed by atoms with Gasteiger partial charge in [0.15, 0.2) is 9.84 Å². The number of benzene rings is 1. The quantitative estimate of drug-likeness (QED) is 0.846. The predicted octanol–water partition coefficient (Wildman–Crippen LogP) is 1.95. The van der Waals surface area contributed by atoms with E-state index in [0.29, 0.717) is 0 Å². The molecule has 0 bridgehead atoms. The van der Waals surface area contributed by atoms with E-state index in [-0.39, 0.29) is 28.7 Å². The van der Waals surface area contributed by atoms with Gasteiger partial charge in [0, 0.05) is 16.9 Å². The van der Waals surface area contributed by atoms with Crippen LogP contribution in [0.25, 0.3) is 0 Å². The number of nitrogens with one attached hydrogen (secondary N) is 1. The van der Waals surface area contributed by atoms with Gasteiger partial charge in [-0.1, -0.05) is 30.4 Å². The second kappa shape index (κ2) is 4.51. The molecule has 3 rings (SSSR count). The van der Waals surface area contributed by atoms with Crippen molar-refractivity contribution in [1.29, 1.82) is 0 Å². The molecular weight excluding hydrogens is 286 g/mol. The van der Waals surface area contributed by atoms with Crippen LogP contribution < -0.4 is 5.32 Å². The van der Waals surface area contributed by atoms with Crippen LogP contribution in [-0.2, 0) is 9.84 Å². The molecule has 1 aromatic carbocycles. The van der Waals surface area contributed by atoms with Gasteiger partial charge in [-0.25, -0.2) is 8.42 Å². The number of thiocarbonyl (C=S) groups is 1. The molecular formula is C12H13NO2S3. The van der Waals surface area contributed by atoms with E-state index in [4.69, 9.17) is 12.2 Å². The summed E-state index contributed by atoms with van der Waals surface area (Å²) in [5, 5.41) is 3.52. The molecule has 3 atom stereocenters. The van der Waals surface area contributed by atoms with Crippen molar-refractivity contribution in [3.8, 4) is 0 Å². The van der Waals surface area contributed by atoms with Crippen molar-refractivity contribution < 1.29 is 8.42 Å². The Morgan fingerprint density at radius 2 is 1.94 bits per heavy atom. The number of sulfone groups is 1. The highest BCUT2D eigenvalue weighted by Gasteiger charge is 2.49. The number of hydrogen-bond donors (Lipinski definition) is 1. The van der Waals surface area contributed by atoms with E-state index in [0.717, 1.165) is 9.88 Å². The summed E-state index contributed by atoms with van der Waals surface area (Å²) < 4.78 is 24.2. The van der Waals surface area contributed by atoms with E-state index in [2.05, 4.69) is 5.32 Å². The second-order valence-corrected chi connectivity index (χ2v) is 8.84. The first kappa shape index (κ1) is 12.4. The van der Waals surface area contributed by atoms with Crippen molar-refractivity contribution >= 4 is 43.7 Å². The monoisotopic (exact) mass is 299 g/mol. The van der Waals surface area contributed by atoms with Crippen molar-refractivity contribution in [2.24, 2.45) is 5.92 Å². The summed E-state index contributed by atoms with van der Waals surface area (Å²) in [6.07, 6.45) is 0. The normalized spacial score (nSPS) is 33.3. The van der Waals surface area contributed by atoms with Gasteiger partial charge in [-0.2, -0.15) is 0 Å². The molecule has 3 nitrogen and oxygen atoms in total. The third kappa shape index (κ3) is 2.29. The molecule has 18 heavy (non-hydrogen) atoms. The van der Waals surface area contributed by atoms with Crippen LogP contribution in [0.15, 0.2) is 30.3 Å². The first-order chi connectivity index (χ1) is 8.55. The molecule has 0 aliphatic carbocycles. The van der Waals surface area contributed by atoms with E-state index in [9.17, 15) is 8.42 Å². The van der Waals surface area contributed by atoms with Gasteiger partial charge in [-0.15, -0.1) is 11.8 Å². The van der Waals surface area contributed by atoms with Crippen molar-refractivity contribution in [3.05, 3.63) is 30.3 Å². The number of thioether (sulfide) groups is 1. The molecule has 2 fully saturated rings. The zero-order valence-electron chi connectivity index (χ0n) is 9.57. The summed E-state index contributed by atoms with van der Waals surface area (Å²) in [5.41, 5.74) is 0.996. The minimum absolute atomic E-state index is 0.00493. The molecule has 1 N–H and O–H groups in total. The van der Waals surface area contributed by atoms with E-state index in [1.807, 2.05) is 30.3 Å². The van der Waals surface area contributed by atoms with Gasteiger partial charge in [0.05, 0.1) is 21.7 Å². The summed E-state index contributed by atoms with van der Waals surface area (Å²) in [6.45, 7) is 0. The second-order valence-electron chi connectivity index (χ2n) is 4.70. The maximum Gasteiger partial charge on any atom is 0.151 e. The molecule has 1 aromatic rings. The van der Waals surface area contributed by atoms with Crippen LogP contribution in [0.4, 0.5) is 5.69 Å². The summed E-state index contributed by atoms with van der Waals surface area (Å²) in [7, 11) is -2.87. The summed E-state index contributed by atoms with van der Waals surface area (Å²) >= 11 is 6.93. The van der Waals surface area contributed by atoms with E-state index in [1.54, 1.807) is 11.8 Å². The van der Waals surface area contributed by atoms with Crippen LogP contribution in [0, 0.1) is 5.92 Å². The Hall–Kier alpha value is -0.590. The molecule has 2 aliphatic rings. The lowest BCUT2D eigenvalue weighted by molar-refractivity contribution is 0.588. The molecule has 0 unspecified atom stereocenters. The number of rotatable bonds is 2. The van der Waals surface area contributed by atoms with Crippen molar-refractivity contribution in [3.63, 3.8) is 0 Å². The molecule has 96 valence electrons. The lowest BCUT2D eigenvalue weighted by Gasteiger charge is -2.19. The molecule has 6 heteroatoms. The number of fused-ring (bicyclic) bond motifs is 1. The van der Waals surface area contributed by atoms with Crippen LogP contribution in [-0.4, -0.2) is 35.4 Å². The smallest absolute Gasteiger partial charge is 0.151 e. The van der Waals surface area contributed by atoms with Gasteiger partial charge in [-0.05, 0) is 12.1 Å². The van der Waals surface area contributed by atoms with E-state index < -0.39 is 9.84 Å². The molecule has 0 spiro atoms. The number of para-hydroxylation sites is 1. The lowest BCUT2D eigenvalue weighted by Crippen LogP contribution is -2.32. The average molecular weight is 299 g/mol. The molecule has 0 saturated carbocycles. The highest BCUT2D eigenvalue weighted by Crippen LogP contribution is 2.42. The van der Waals surface area contributed by atoms with Crippen LogP contribution in [0.3, 0.4) is 0 Å². The molecule has 2 aliphatic heterocycles. The highest BCUT2D eigenvalue weighted by molar-refractivity contribution is 8.24. The van der Waals surface area contributed by atoms with E-state index >= 15 is 0 Å². The largest absolute Gasteiger partial charge is 0.376 e. The minimum Gasteiger partial charge on any atom is -0.376 e. The first-order valence-electron chi connectivity index (χ1n) is 5.78. The Morgan fingerprint density at radius 1 is 1.22 bits per heavy atom. The fourth-order valence-electron chi connectivity index (χ4n) is 2.55. The third-order valence-corrected chi connectivity index (χ3v) is 7.21. The topological polar surface area (TPSA) is 46.2 Å². The summed E-state index contributed by atoms with van der Waals surface area (Å²) in [4.78, 5) is 0. The Labute approximate surface area is 116 Å². The molecule has 0 radical (unpaired) electrons. The van der Waals surface area contributed by atoms with E-state index in [1.165, 1.54) is 0 Å². The van der Waals surface area contributed by atoms with Gasteiger partial charge in [-0.3, -0.25) is 0 Å². The third-order valence-electron chi connectivity index (χ3n) is 3.39. The number of anilines is 1. The van der Waals surface area contributed by atoms with Crippen LogP contribution in [0.1, 0.15) is 0 Å². The molecule has 0 amide bonds. The maximum atomic E-state index is 11.7. The number of hydrogen-bond acceptors (Lipinski definition) is 5. The average Bonchev–Trinajstić information content (AvgIpc) is 2.74. The van der Waals surface area contributed by atoms with Gasteiger partial charge in [0.1, 0.15) is 0 Å². The molecule has 2 saturated heterocycles. The maximum absolute atomic E-state index is 11.7. The predicted molar refractivity (Wildman–Crippen MR) is 80.0 cm³/mol. The zero-order valence-corrected chi connectivity index (χ0v) is 12.0. The Kier molecular flexibility index (Phi) is 3.11. The lowest BCUT2D eigenvalue weighted by atomic mass is 10.0.